The van der Waals surface area contributed by atoms with Gasteiger partial charge in [0.25, 0.3) is 0 Å². The number of hydrogen-bond acceptors (Lipinski definition) is 4. The van der Waals surface area contributed by atoms with Gasteiger partial charge in [-0.2, -0.15) is 0 Å². The molecule has 0 aliphatic carbocycles. The van der Waals surface area contributed by atoms with Crippen LogP contribution in [0.4, 0.5) is 0 Å². The van der Waals surface area contributed by atoms with Crippen LogP contribution >= 0.6 is 11.3 Å². The van der Waals surface area contributed by atoms with Gasteiger partial charge in [0, 0.05) is 24.1 Å². The van der Waals surface area contributed by atoms with E-state index < -0.39 is 0 Å². The summed E-state index contributed by atoms with van der Waals surface area (Å²) in [6.07, 6.45) is 1.14. The molecule has 90 valence electrons. The second-order valence-electron chi connectivity index (χ2n) is 4.46. The fourth-order valence-electron chi connectivity index (χ4n) is 1.99. The van der Waals surface area contributed by atoms with E-state index in [1.54, 1.807) is 0 Å². The van der Waals surface area contributed by atoms with Crippen molar-refractivity contribution in [3.8, 4) is 0 Å². The Labute approximate surface area is 101 Å². The van der Waals surface area contributed by atoms with E-state index in [9.17, 15) is 0 Å². The number of likely N-dealkylation sites (N-methyl/N-ethyl adjacent to an activating group) is 1. The van der Waals surface area contributed by atoms with Crippen molar-refractivity contribution in [2.24, 2.45) is 0 Å². The summed E-state index contributed by atoms with van der Waals surface area (Å²) >= 11 is 1.83. The predicted molar refractivity (Wildman–Crippen MR) is 68.0 cm³/mol. The SMILES string of the molecule is CN(C)C(CNC1CCOC1)c1cccs1. The molecule has 2 rings (SSSR count). The Balaban J connectivity index is 1.88. The zero-order chi connectivity index (χ0) is 11.4. The van der Waals surface area contributed by atoms with Gasteiger partial charge >= 0.3 is 0 Å². The van der Waals surface area contributed by atoms with Crippen molar-refractivity contribution >= 4 is 11.3 Å². The zero-order valence-corrected chi connectivity index (χ0v) is 10.8. The third-order valence-electron chi connectivity index (χ3n) is 3.02. The van der Waals surface area contributed by atoms with Crippen LogP contribution in [0.2, 0.25) is 0 Å². The molecule has 0 saturated carbocycles. The third-order valence-corrected chi connectivity index (χ3v) is 4.00. The molecule has 2 unspecified atom stereocenters. The lowest BCUT2D eigenvalue weighted by Crippen LogP contribution is -2.37. The van der Waals surface area contributed by atoms with E-state index in [0.29, 0.717) is 12.1 Å². The minimum Gasteiger partial charge on any atom is -0.380 e. The Morgan fingerprint density at radius 2 is 2.50 bits per heavy atom. The van der Waals surface area contributed by atoms with Crippen molar-refractivity contribution in [1.29, 1.82) is 0 Å². The first-order valence-corrected chi connectivity index (χ1v) is 6.66. The highest BCUT2D eigenvalue weighted by atomic mass is 32.1. The second-order valence-corrected chi connectivity index (χ2v) is 5.44. The molecule has 1 N–H and O–H groups in total. The molecule has 3 nitrogen and oxygen atoms in total. The van der Waals surface area contributed by atoms with Gasteiger partial charge < -0.3 is 15.0 Å². The average molecular weight is 240 g/mol. The van der Waals surface area contributed by atoms with E-state index in [2.05, 4.69) is 41.8 Å². The monoisotopic (exact) mass is 240 g/mol. The number of nitrogens with one attached hydrogen (secondary N) is 1. The maximum absolute atomic E-state index is 5.37. The van der Waals surface area contributed by atoms with Crippen LogP contribution in [-0.4, -0.2) is 44.8 Å². The number of rotatable bonds is 5. The maximum Gasteiger partial charge on any atom is 0.0620 e. The van der Waals surface area contributed by atoms with Gasteiger partial charge in [0.1, 0.15) is 0 Å². The van der Waals surface area contributed by atoms with E-state index in [1.165, 1.54) is 4.88 Å². The van der Waals surface area contributed by atoms with Crippen LogP contribution in [0, 0.1) is 0 Å². The molecule has 1 aromatic heterocycles. The highest BCUT2D eigenvalue weighted by Crippen LogP contribution is 2.22. The van der Waals surface area contributed by atoms with Gasteiger partial charge in [-0.05, 0) is 32.0 Å². The smallest absolute Gasteiger partial charge is 0.0620 e. The number of nitrogens with zero attached hydrogens (tertiary/aromatic N) is 1. The summed E-state index contributed by atoms with van der Waals surface area (Å²) in [4.78, 5) is 3.70. The minimum absolute atomic E-state index is 0.473. The van der Waals surface area contributed by atoms with Crippen LogP contribution in [0.5, 0.6) is 0 Å². The van der Waals surface area contributed by atoms with E-state index in [4.69, 9.17) is 4.74 Å². The molecule has 1 aliphatic heterocycles. The lowest BCUT2D eigenvalue weighted by molar-refractivity contribution is 0.187. The van der Waals surface area contributed by atoms with Gasteiger partial charge in [0.2, 0.25) is 0 Å². The van der Waals surface area contributed by atoms with Gasteiger partial charge in [0.05, 0.1) is 12.6 Å². The molecule has 0 spiro atoms. The van der Waals surface area contributed by atoms with Crippen LogP contribution in [-0.2, 0) is 4.74 Å². The van der Waals surface area contributed by atoms with Crippen molar-refractivity contribution in [2.45, 2.75) is 18.5 Å². The standard InChI is InChI=1S/C12H20N2OS/c1-14(2)11(12-4-3-7-16-12)8-13-10-5-6-15-9-10/h3-4,7,10-11,13H,5-6,8-9H2,1-2H3. The quantitative estimate of drug-likeness (QED) is 0.848. The average Bonchev–Trinajstić information content (AvgIpc) is 2.88. The number of hydrogen-bond donors (Lipinski definition) is 1. The van der Waals surface area contributed by atoms with Crippen LogP contribution in [0.3, 0.4) is 0 Å². The number of thiophene rings is 1. The maximum atomic E-state index is 5.37. The Kier molecular flexibility index (Phi) is 4.35. The predicted octanol–water partition coefficient (Wildman–Crippen LogP) is 1.73. The molecule has 0 bridgehead atoms. The van der Waals surface area contributed by atoms with Crippen LogP contribution in [0.15, 0.2) is 17.5 Å². The van der Waals surface area contributed by atoms with Crippen molar-refractivity contribution in [1.82, 2.24) is 10.2 Å². The molecule has 2 heterocycles. The molecule has 1 saturated heterocycles. The summed E-state index contributed by atoms with van der Waals surface area (Å²) in [6.45, 7) is 2.77. The lowest BCUT2D eigenvalue weighted by Gasteiger charge is -2.25. The fraction of sp³-hybridized carbons (Fsp3) is 0.667. The zero-order valence-electron chi connectivity index (χ0n) is 9.98. The van der Waals surface area contributed by atoms with Gasteiger partial charge in [0.15, 0.2) is 0 Å². The minimum atomic E-state index is 0.473. The fourth-order valence-corrected chi connectivity index (χ4v) is 2.91. The Morgan fingerprint density at radius 1 is 1.62 bits per heavy atom. The molecule has 16 heavy (non-hydrogen) atoms. The van der Waals surface area contributed by atoms with E-state index in [1.807, 2.05) is 11.3 Å². The topological polar surface area (TPSA) is 24.5 Å². The van der Waals surface area contributed by atoms with Gasteiger partial charge in [-0.1, -0.05) is 6.07 Å². The summed E-state index contributed by atoms with van der Waals surface area (Å²) in [7, 11) is 4.27. The van der Waals surface area contributed by atoms with E-state index in [0.717, 1.165) is 26.2 Å². The first-order chi connectivity index (χ1) is 7.77. The van der Waals surface area contributed by atoms with Crippen molar-refractivity contribution in [3.63, 3.8) is 0 Å². The van der Waals surface area contributed by atoms with Crippen molar-refractivity contribution in [2.75, 3.05) is 33.9 Å². The molecule has 4 heteroatoms. The van der Waals surface area contributed by atoms with Gasteiger partial charge in [-0.25, -0.2) is 0 Å². The highest BCUT2D eigenvalue weighted by molar-refractivity contribution is 7.10. The first kappa shape index (κ1) is 12.0. The molecule has 0 amide bonds. The van der Waals surface area contributed by atoms with Gasteiger partial charge in [-0.3, -0.25) is 0 Å². The lowest BCUT2D eigenvalue weighted by atomic mass is 10.2. The third kappa shape index (κ3) is 3.04. The van der Waals surface area contributed by atoms with Gasteiger partial charge in [-0.15, -0.1) is 11.3 Å². The first-order valence-electron chi connectivity index (χ1n) is 5.78. The highest BCUT2D eigenvalue weighted by Gasteiger charge is 2.19. The van der Waals surface area contributed by atoms with Crippen LogP contribution < -0.4 is 5.32 Å². The second kappa shape index (κ2) is 5.77. The molecule has 0 radical (unpaired) electrons. The molecule has 1 aromatic rings. The van der Waals surface area contributed by atoms with Crippen LogP contribution in [0.1, 0.15) is 17.3 Å². The molecular weight excluding hydrogens is 220 g/mol. The summed E-state index contributed by atoms with van der Waals surface area (Å²) < 4.78 is 5.37. The number of ether oxygens (including phenoxy) is 1. The van der Waals surface area contributed by atoms with Crippen LogP contribution in [0.25, 0.3) is 0 Å². The van der Waals surface area contributed by atoms with E-state index >= 15 is 0 Å². The molecule has 1 aliphatic rings. The Hall–Kier alpha value is -0.420. The van der Waals surface area contributed by atoms with Crippen molar-refractivity contribution in [3.05, 3.63) is 22.4 Å². The molecular formula is C12H20N2OS. The Bertz CT molecular complexity index is 294. The summed E-state index contributed by atoms with van der Waals surface area (Å²) in [5, 5.41) is 5.73. The molecule has 1 fully saturated rings. The normalized spacial score (nSPS) is 22.8. The van der Waals surface area contributed by atoms with Crippen molar-refractivity contribution < 1.29 is 4.74 Å². The molecule has 0 aromatic carbocycles. The van der Waals surface area contributed by atoms with E-state index in [-0.39, 0.29) is 0 Å². The molecule has 2 atom stereocenters. The summed E-state index contributed by atoms with van der Waals surface area (Å²) in [6, 6.07) is 5.35. The largest absolute Gasteiger partial charge is 0.380 e. The Morgan fingerprint density at radius 3 is 3.06 bits per heavy atom. The summed E-state index contributed by atoms with van der Waals surface area (Å²) in [5.41, 5.74) is 0. The summed E-state index contributed by atoms with van der Waals surface area (Å²) in [5.74, 6) is 0.